The summed E-state index contributed by atoms with van der Waals surface area (Å²) in [6.07, 6.45) is 3.68. The highest BCUT2D eigenvalue weighted by atomic mass is 16.5. The predicted octanol–water partition coefficient (Wildman–Crippen LogP) is 1.47. The summed E-state index contributed by atoms with van der Waals surface area (Å²) in [5.41, 5.74) is 0.670. The second kappa shape index (κ2) is 5.19. The van der Waals surface area contributed by atoms with Gasteiger partial charge in [0.05, 0.1) is 0 Å². The van der Waals surface area contributed by atoms with E-state index in [-0.39, 0.29) is 0 Å². The smallest absolute Gasteiger partial charge is 0.159 e. The molecule has 0 atom stereocenters. The zero-order valence-corrected chi connectivity index (χ0v) is 9.87. The summed E-state index contributed by atoms with van der Waals surface area (Å²) in [6.45, 7) is 7.73. The minimum atomic E-state index is -0.420. The molecule has 0 bridgehead atoms. The lowest BCUT2D eigenvalue weighted by molar-refractivity contribution is 0.0114. The topological polar surface area (TPSA) is 47.0 Å². The van der Waals surface area contributed by atoms with Crippen molar-refractivity contribution in [3.8, 4) is 0 Å². The molecule has 4 nitrogen and oxygen atoms in total. The van der Waals surface area contributed by atoms with Crippen LogP contribution in [-0.4, -0.2) is 23.6 Å². The van der Waals surface area contributed by atoms with Crippen LogP contribution in [-0.2, 0) is 16.9 Å². The fourth-order valence-electron chi connectivity index (χ4n) is 1.12. The van der Waals surface area contributed by atoms with Crippen LogP contribution in [0.3, 0.4) is 0 Å². The van der Waals surface area contributed by atoms with Gasteiger partial charge in [-0.05, 0) is 20.4 Å². The van der Waals surface area contributed by atoms with E-state index in [4.69, 9.17) is 4.74 Å². The summed E-state index contributed by atoms with van der Waals surface area (Å²) in [5.74, 6) is 0.713. The SMILES string of the molecule is CCNCc1cnc(C(C)(C)OC)nc1. The Hall–Kier alpha value is -1.00. The van der Waals surface area contributed by atoms with E-state index in [0.29, 0.717) is 5.82 Å². The normalized spacial score (nSPS) is 11.7. The summed E-state index contributed by atoms with van der Waals surface area (Å²) in [6, 6.07) is 0. The number of hydrogen-bond acceptors (Lipinski definition) is 4. The predicted molar refractivity (Wildman–Crippen MR) is 59.4 cm³/mol. The van der Waals surface area contributed by atoms with E-state index in [1.807, 2.05) is 26.2 Å². The highest BCUT2D eigenvalue weighted by Gasteiger charge is 2.22. The number of nitrogens with zero attached hydrogens (tertiary/aromatic N) is 2. The molecule has 0 spiro atoms. The van der Waals surface area contributed by atoms with Crippen molar-refractivity contribution < 1.29 is 4.74 Å². The molecule has 0 unspecified atom stereocenters. The third-order valence-corrected chi connectivity index (χ3v) is 2.33. The fraction of sp³-hybridized carbons (Fsp3) is 0.636. The van der Waals surface area contributed by atoms with Gasteiger partial charge in [0.25, 0.3) is 0 Å². The Morgan fingerprint density at radius 1 is 1.33 bits per heavy atom. The summed E-state index contributed by atoms with van der Waals surface area (Å²) < 4.78 is 5.30. The standard InChI is InChI=1S/C11H19N3O/c1-5-12-6-9-7-13-10(14-8-9)11(2,3)15-4/h7-8,12H,5-6H2,1-4H3. The monoisotopic (exact) mass is 209 g/mol. The number of hydrogen-bond donors (Lipinski definition) is 1. The van der Waals surface area contributed by atoms with Crippen molar-refractivity contribution in [2.24, 2.45) is 0 Å². The van der Waals surface area contributed by atoms with Gasteiger partial charge in [0.15, 0.2) is 5.82 Å². The molecule has 0 aliphatic heterocycles. The van der Waals surface area contributed by atoms with Gasteiger partial charge in [0.2, 0.25) is 0 Å². The van der Waals surface area contributed by atoms with Gasteiger partial charge in [-0.2, -0.15) is 0 Å². The van der Waals surface area contributed by atoms with Crippen LogP contribution in [0.5, 0.6) is 0 Å². The molecule has 1 aromatic heterocycles. The van der Waals surface area contributed by atoms with Crippen molar-refractivity contribution in [1.29, 1.82) is 0 Å². The fourth-order valence-corrected chi connectivity index (χ4v) is 1.12. The first-order valence-electron chi connectivity index (χ1n) is 5.17. The molecule has 0 fully saturated rings. The lowest BCUT2D eigenvalue weighted by Crippen LogP contribution is -2.23. The maximum absolute atomic E-state index is 5.30. The Morgan fingerprint density at radius 3 is 2.40 bits per heavy atom. The van der Waals surface area contributed by atoms with Crippen molar-refractivity contribution in [2.75, 3.05) is 13.7 Å². The summed E-state index contributed by atoms with van der Waals surface area (Å²) >= 11 is 0. The number of ether oxygens (including phenoxy) is 1. The molecule has 0 aromatic carbocycles. The molecule has 1 rings (SSSR count). The first-order chi connectivity index (χ1) is 7.10. The molecule has 1 heterocycles. The molecule has 0 saturated carbocycles. The van der Waals surface area contributed by atoms with Gasteiger partial charge in [-0.3, -0.25) is 0 Å². The van der Waals surface area contributed by atoms with Crippen molar-refractivity contribution in [2.45, 2.75) is 32.9 Å². The molecule has 1 N–H and O–H groups in total. The second-order valence-corrected chi connectivity index (χ2v) is 3.91. The summed E-state index contributed by atoms with van der Waals surface area (Å²) in [5, 5.41) is 3.23. The number of methoxy groups -OCH3 is 1. The van der Waals surface area contributed by atoms with Crippen molar-refractivity contribution in [3.05, 3.63) is 23.8 Å². The first-order valence-corrected chi connectivity index (χ1v) is 5.17. The highest BCUT2D eigenvalue weighted by molar-refractivity contribution is 5.08. The number of nitrogens with one attached hydrogen (secondary N) is 1. The maximum Gasteiger partial charge on any atom is 0.159 e. The minimum absolute atomic E-state index is 0.420. The quantitative estimate of drug-likeness (QED) is 0.797. The molecule has 1 aromatic rings. The molecule has 84 valence electrons. The number of rotatable bonds is 5. The van der Waals surface area contributed by atoms with Crippen LogP contribution in [0.15, 0.2) is 12.4 Å². The molecule has 0 saturated heterocycles. The van der Waals surface area contributed by atoms with Gasteiger partial charge < -0.3 is 10.1 Å². The van der Waals surface area contributed by atoms with Crippen LogP contribution in [0.2, 0.25) is 0 Å². The van der Waals surface area contributed by atoms with Crippen LogP contribution in [0.25, 0.3) is 0 Å². The van der Waals surface area contributed by atoms with E-state index in [2.05, 4.69) is 22.2 Å². The van der Waals surface area contributed by atoms with Crippen LogP contribution >= 0.6 is 0 Å². The molecular formula is C11H19N3O. The minimum Gasteiger partial charge on any atom is -0.371 e. The third kappa shape index (κ3) is 3.25. The Balaban J connectivity index is 2.72. The zero-order valence-electron chi connectivity index (χ0n) is 9.87. The lowest BCUT2D eigenvalue weighted by Gasteiger charge is -2.20. The van der Waals surface area contributed by atoms with Gasteiger partial charge in [-0.25, -0.2) is 9.97 Å². The van der Waals surface area contributed by atoms with E-state index in [9.17, 15) is 0 Å². The second-order valence-electron chi connectivity index (χ2n) is 3.91. The van der Waals surface area contributed by atoms with Gasteiger partial charge in [0.1, 0.15) is 5.60 Å². The molecular weight excluding hydrogens is 190 g/mol. The largest absolute Gasteiger partial charge is 0.371 e. The van der Waals surface area contributed by atoms with Crippen molar-refractivity contribution in [1.82, 2.24) is 15.3 Å². The Labute approximate surface area is 91.1 Å². The first kappa shape index (κ1) is 12.1. The van der Waals surface area contributed by atoms with Gasteiger partial charge in [0, 0.05) is 31.6 Å². The van der Waals surface area contributed by atoms with Crippen LogP contribution in [0, 0.1) is 0 Å². The molecule has 4 heteroatoms. The van der Waals surface area contributed by atoms with E-state index < -0.39 is 5.60 Å². The maximum atomic E-state index is 5.30. The third-order valence-electron chi connectivity index (χ3n) is 2.33. The van der Waals surface area contributed by atoms with E-state index >= 15 is 0 Å². The Bertz CT molecular complexity index is 295. The lowest BCUT2D eigenvalue weighted by atomic mass is 10.1. The van der Waals surface area contributed by atoms with E-state index in [0.717, 1.165) is 18.7 Å². The van der Waals surface area contributed by atoms with Gasteiger partial charge in [-0.15, -0.1) is 0 Å². The van der Waals surface area contributed by atoms with Gasteiger partial charge in [-0.1, -0.05) is 6.92 Å². The molecule has 0 amide bonds. The van der Waals surface area contributed by atoms with Crippen LogP contribution in [0.4, 0.5) is 0 Å². The van der Waals surface area contributed by atoms with Crippen LogP contribution < -0.4 is 5.32 Å². The van der Waals surface area contributed by atoms with E-state index in [1.54, 1.807) is 7.11 Å². The average molecular weight is 209 g/mol. The van der Waals surface area contributed by atoms with E-state index in [1.165, 1.54) is 0 Å². The zero-order chi connectivity index (χ0) is 11.3. The molecule has 0 aliphatic rings. The Morgan fingerprint density at radius 2 is 1.93 bits per heavy atom. The Kier molecular flexibility index (Phi) is 4.17. The highest BCUT2D eigenvalue weighted by Crippen LogP contribution is 2.18. The molecule has 15 heavy (non-hydrogen) atoms. The summed E-state index contributed by atoms with van der Waals surface area (Å²) in [7, 11) is 1.66. The number of aromatic nitrogens is 2. The van der Waals surface area contributed by atoms with Crippen molar-refractivity contribution in [3.63, 3.8) is 0 Å². The van der Waals surface area contributed by atoms with Gasteiger partial charge >= 0.3 is 0 Å². The average Bonchev–Trinajstić information content (AvgIpc) is 2.27. The van der Waals surface area contributed by atoms with Crippen molar-refractivity contribution >= 4 is 0 Å². The summed E-state index contributed by atoms with van der Waals surface area (Å²) in [4.78, 5) is 8.60. The molecule has 0 radical (unpaired) electrons. The van der Waals surface area contributed by atoms with Crippen LogP contribution in [0.1, 0.15) is 32.2 Å². The molecule has 0 aliphatic carbocycles.